The van der Waals surface area contributed by atoms with E-state index in [1.807, 2.05) is 72.8 Å². The lowest BCUT2D eigenvalue weighted by molar-refractivity contribution is 0.660. The van der Waals surface area contributed by atoms with Gasteiger partial charge in [0.05, 0.1) is 17.9 Å². The maximum absolute atomic E-state index is 6.74. The number of aliphatic imine (C=N–C) groups is 3. The summed E-state index contributed by atoms with van der Waals surface area (Å²) in [7, 11) is 0. The van der Waals surface area contributed by atoms with Crippen LogP contribution in [-0.4, -0.2) is 18.4 Å². The number of nitrogens with zero attached hydrogens (tertiary/aromatic N) is 4. The molecule has 0 unspecified atom stereocenters. The van der Waals surface area contributed by atoms with E-state index in [2.05, 4.69) is 164 Å². The molecule has 67 heavy (non-hydrogen) atoms. The number of anilines is 3. The molecule has 0 radical (unpaired) electrons. The third-order valence-corrected chi connectivity index (χ3v) is 13.3. The van der Waals surface area contributed by atoms with E-state index in [0.717, 1.165) is 88.8 Å². The maximum Gasteiger partial charge on any atom is 0.161 e. The molecule has 320 valence electrons. The number of benzene rings is 9. The van der Waals surface area contributed by atoms with E-state index in [1.54, 1.807) is 0 Å². The fourth-order valence-electron chi connectivity index (χ4n) is 10.0. The van der Waals surface area contributed by atoms with Crippen LogP contribution in [0.1, 0.15) is 41.7 Å². The molecular formula is C61H44N4O2. The summed E-state index contributed by atoms with van der Waals surface area (Å²) in [4.78, 5) is 17.0. The van der Waals surface area contributed by atoms with Gasteiger partial charge in [0.25, 0.3) is 0 Å². The van der Waals surface area contributed by atoms with Gasteiger partial charge < -0.3 is 13.7 Å². The summed E-state index contributed by atoms with van der Waals surface area (Å²) >= 11 is 0. The zero-order valence-corrected chi connectivity index (χ0v) is 37.1. The molecule has 0 N–H and O–H groups in total. The van der Waals surface area contributed by atoms with Gasteiger partial charge in [-0.2, -0.15) is 0 Å². The van der Waals surface area contributed by atoms with Crippen LogP contribution in [-0.2, 0) is 12.0 Å². The van der Waals surface area contributed by atoms with Crippen LogP contribution in [0.3, 0.4) is 0 Å². The predicted octanol–water partition coefficient (Wildman–Crippen LogP) is 16.0. The van der Waals surface area contributed by atoms with E-state index in [1.165, 1.54) is 22.3 Å². The van der Waals surface area contributed by atoms with Crippen molar-refractivity contribution in [3.8, 4) is 22.3 Å². The quantitative estimate of drug-likeness (QED) is 0.113. The largest absolute Gasteiger partial charge is 0.456 e. The highest BCUT2D eigenvalue weighted by Crippen LogP contribution is 2.55. The van der Waals surface area contributed by atoms with Crippen molar-refractivity contribution in [3.05, 3.63) is 234 Å². The van der Waals surface area contributed by atoms with Crippen LogP contribution in [0.2, 0.25) is 0 Å². The van der Waals surface area contributed by atoms with Crippen LogP contribution in [0, 0.1) is 0 Å². The fourth-order valence-corrected chi connectivity index (χ4v) is 10.0. The molecule has 0 saturated heterocycles. The first kappa shape index (κ1) is 39.9. The van der Waals surface area contributed by atoms with E-state index in [9.17, 15) is 0 Å². The standard InChI is InChI=1S/C61H44N4O2/c1-61(2)49-25-12-10-22-46(49)57-50(61)26-16-27-51(57)65(52-28-14-23-45-44-21-11-13-29-53(44)67-58(45)52)43-34-31-40(32-35-43)42-33-36-54-48(37-42)56-47(24-15-30-55(56)66-54)60(63-38-39-17-6-4-7-18-39)64-59(62-3)41-19-8-5-9-20-41/h4-37H,3,38H2,1-2H3. The highest BCUT2D eigenvalue weighted by molar-refractivity contribution is 6.22. The first-order valence-corrected chi connectivity index (χ1v) is 22.6. The lowest BCUT2D eigenvalue weighted by Gasteiger charge is -2.29. The van der Waals surface area contributed by atoms with Crippen molar-refractivity contribution in [1.82, 2.24) is 0 Å². The number of amidine groups is 2. The van der Waals surface area contributed by atoms with Gasteiger partial charge in [0.2, 0.25) is 0 Å². The number of fused-ring (bicyclic) bond motifs is 9. The molecular weight excluding hydrogens is 821 g/mol. The Kier molecular flexibility index (Phi) is 9.61. The third kappa shape index (κ3) is 6.76. The molecule has 0 aliphatic heterocycles. The number of hydrogen-bond donors (Lipinski definition) is 0. The van der Waals surface area contributed by atoms with Gasteiger partial charge in [-0.05, 0) is 88.6 Å². The summed E-state index contributed by atoms with van der Waals surface area (Å²) in [6.07, 6.45) is 0. The van der Waals surface area contributed by atoms with Gasteiger partial charge in [-0.1, -0.05) is 172 Å². The van der Waals surface area contributed by atoms with Crippen molar-refractivity contribution in [3.63, 3.8) is 0 Å². The van der Waals surface area contributed by atoms with Gasteiger partial charge in [0, 0.05) is 49.3 Å². The second-order valence-electron chi connectivity index (χ2n) is 17.6. The monoisotopic (exact) mass is 864 g/mol. The number of hydrogen-bond acceptors (Lipinski definition) is 4. The Morgan fingerprint density at radius 3 is 2.03 bits per heavy atom. The molecule has 6 heteroatoms. The van der Waals surface area contributed by atoms with Crippen molar-refractivity contribution in [2.75, 3.05) is 4.90 Å². The summed E-state index contributed by atoms with van der Waals surface area (Å²) in [5.74, 6) is 1.05. The van der Waals surface area contributed by atoms with E-state index in [4.69, 9.17) is 18.8 Å². The van der Waals surface area contributed by atoms with Gasteiger partial charge in [0.1, 0.15) is 16.7 Å². The SMILES string of the molecule is C=NC(=NC(=NCc1ccccc1)c1cccc2oc3ccc(-c4ccc(N(c5cccc6c5-c5ccccc5C6(C)C)c5cccc6c5oc5ccccc56)cc4)cc3c12)c1ccccc1. The molecule has 9 aromatic carbocycles. The van der Waals surface area contributed by atoms with Gasteiger partial charge in [-0.15, -0.1) is 0 Å². The van der Waals surface area contributed by atoms with E-state index < -0.39 is 0 Å². The van der Waals surface area contributed by atoms with Crippen LogP contribution >= 0.6 is 0 Å². The molecule has 2 aromatic heterocycles. The van der Waals surface area contributed by atoms with Gasteiger partial charge >= 0.3 is 0 Å². The summed E-state index contributed by atoms with van der Waals surface area (Å²) in [5, 5.41) is 4.09. The normalized spacial score (nSPS) is 13.3. The molecule has 0 saturated carbocycles. The lowest BCUT2D eigenvalue weighted by atomic mass is 9.82. The number of furan rings is 2. The van der Waals surface area contributed by atoms with E-state index in [0.29, 0.717) is 18.2 Å². The first-order chi connectivity index (χ1) is 32.9. The highest BCUT2D eigenvalue weighted by Gasteiger charge is 2.38. The summed E-state index contributed by atoms with van der Waals surface area (Å²) in [6.45, 7) is 8.99. The first-order valence-electron chi connectivity index (χ1n) is 22.6. The Labute approximate surface area is 388 Å². The summed E-state index contributed by atoms with van der Waals surface area (Å²) in [5.41, 5.74) is 16.2. The molecule has 0 atom stereocenters. The van der Waals surface area contributed by atoms with Crippen LogP contribution in [0.5, 0.6) is 0 Å². The molecule has 1 aliphatic rings. The predicted molar refractivity (Wildman–Crippen MR) is 278 cm³/mol. The summed E-state index contributed by atoms with van der Waals surface area (Å²) < 4.78 is 13.3. The second kappa shape index (κ2) is 16.1. The highest BCUT2D eigenvalue weighted by atomic mass is 16.3. The van der Waals surface area contributed by atoms with E-state index in [-0.39, 0.29) is 5.41 Å². The Morgan fingerprint density at radius 2 is 1.19 bits per heavy atom. The van der Waals surface area contributed by atoms with Crippen LogP contribution < -0.4 is 4.90 Å². The van der Waals surface area contributed by atoms with E-state index >= 15 is 0 Å². The van der Waals surface area contributed by atoms with Crippen molar-refractivity contribution < 1.29 is 8.83 Å². The average Bonchev–Trinajstić information content (AvgIpc) is 4.03. The lowest BCUT2D eigenvalue weighted by Crippen LogP contribution is -2.16. The molecule has 1 aliphatic carbocycles. The molecule has 12 rings (SSSR count). The molecule has 6 nitrogen and oxygen atoms in total. The van der Waals surface area contributed by atoms with Crippen molar-refractivity contribution in [1.29, 1.82) is 0 Å². The smallest absolute Gasteiger partial charge is 0.161 e. The van der Waals surface area contributed by atoms with Crippen LogP contribution in [0.4, 0.5) is 17.1 Å². The fraction of sp³-hybridized carbons (Fsp3) is 0.0656. The van der Waals surface area contributed by atoms with Crippen LogP contribution in [0.25, 0.3) is 66.1 Å². The van der Waals surface area contributed by atoms with Gasteiger partial charge in [0.15, 0.2) is 17.3 Å². The molecule has 0 amide bonds. The zero-order valence-electron chi connectivity index (χ0n) is 37.1. The Morgan fingerprint density at radius 1 is 0.537 bits per heavy atom. The maximum atomic E-state index is 6.74. The molecule has 0 bridgehead atoms. The van der Waals surface area contributed by atoms with Crippen molar-refractivity contribution in [2.45, 2.75) is 25.8 Å². The Balaban J connectivity index is 0.999. The summed E-state index contributed by atoms with van der Waals surface area (Å²) in [6, 6.07) is 71.8. The third-order valence-electron chi connectivity index (χ3n) is 13.3. The minimum absolute atomic E-state index is 0.161. The molecule has 11 aromatic rings. The zero-order chi connectivity index (χ0) is 45.1. The van der Waals surface area contributed by atoms with Crippen LogP contribution in [0.15, 0.2) is 230 Å². The number of rotatable bonds is 8. The topological polar surface area (TPSA) is 66.6 Å². The average molecular weight is 865 g/mol. The second-order valence-corrected chi connectivity index (χ2v) is 17.6. The molecule has 0 fully saturated rings. The Hall–Kier alpha value is -8.61. The number of para-hydroxylation sites is 2. The Bertz CT molecular complexity index is 3770. The van der Waals surface area contributed by atoms with Crippen molar-refractivity contribution in [2.24, 2.45) is 15.0 Å². The minimum Gasteiger partial charge on any atom is -0.456 e. The minimum atomic E-state index is -0.161. The molecule has 2 heterocycles. The van der Waals surface area contributed by atoms with Gasteiger partial charge in [-0.3, -0.25) is 4.99 Å². The van der Waals surface area contributed by atoms with Crippen molar-refractivity contribution >= 4 is 79.3 Å². The molecule has 0 spiro atoms. The van der Waals surface area contributed by atoms with Gasteiger partial charge in [-0.25, -0.2) is 9.98 Å².